The molecule has 72 valence electrons. The number of halogens is 1. The fraction of sp³-hybridized carbons (Fsp3) is 0.333. The standard InChI is InChI=1S/C9H12ClNOS/c1-13-9-3-2-6(10)4-7(9)8(12)5-11/h2-4,8,12H,5,11H2,1H3. The normalized spacial score (nSPS) is 12.9. The number of rotatable bonds is 3. The molecule has 1 rings (SSSR count). The predicted octanol–water partition coefficient (Wildman–Crippen LogP) is 2.05. The molecule has 2 nitrogen and oxygen atoms in total. The first-order valence-electron chi connectivity index (χ1n) is 3.90. The molecule has 0 aliphatic heterocycles. The highest BCUT2D eigenvalue weighted by Gasteiger charge is 2.10. The van der Waals surface area contributed by atoms with Gasteiger partial charge in [-0.3, -0.25) is 0 Å². The molecule has 3 N–H and O–H groups in total. The van der Waals surface area contributed by atoms with Crippen molar-refractivity contribution in [3.8, 4) is 0 Å². The number of aliphatic hydroxyl groups is 1. The molecule has 1 aromatic rings. The van der Waals surface area contributed by atoms with Crippen molar-refractivity contribution < 1.29 is 5.11 Å². The Bertz CT molecular complexity index is 293. The number of benzene rings is 1. The summed E-state index contributed by atoms with van der Waals surface area (Å²) in [5.74, 6) is 0. The molecule has 0 spiro atoms. The highest BCUT2D eigenvalue weighted by atomic mass is 35.5. The van der Waals surface area contributed by atoms with Crippen molar-refractivity contribution in [3.63, 3.8) is 0 Å². The van der Waals surface area contributed by atoms with E-state index in [1.54, 1.807) is 23.9 Å². The summed E-state index contributed by atoms with van der Waals surface area (Å²) in [5, 5.41) is 10.2. The molecule has 0 saturated carbocycles. The van der Waals surface area contributed by atoms with Crippen molar-refractivity contribution in [1.29, 1.82) is 0 Å². The number of hydrogen-bond donors (Lipinski definition) is 2. The topological polar surface area (TPSA) is 46.2 Å². The average molecular weight is 218 g/mol. The van der Waals surface area contributed by atoms with Gasteiger partial charge in [0.25, 0.3) is 0 Å². The number of nitrogens with two attached hydrogens (primary N) is 1. The maximum atomic E-state index is 9.57. The van der Waals surface area contributed by atoms with Gasteiger partial charge >= 0.3 is 0 Å². The molecule has 0 saturated heterocycles. The van der Waals surface area contributed by atoms with Crippen molar-refractivity contribution >= 4 is 23.4 Å². The van der Waals surface area contributed by atoms with Gasteiger partial charge in [0, 0.05) is 16.5 Å². The zero-order chi connectivity index (χ0) is 9.84. The maximum Gasteiger partial charge on any atom is 0.0923 e. The number of aliphatic hydroxyl groups excluding tert-OH is 1. The van der Waals surface area contributed by atoms with E-state index >= 15 is 0 Å². The van der Waals surface area contributed by atoms with Crippen molar-refractivity contribution in [2.24, 2.45) is 5.73 Å². The summed E-state index contributed by atoms with van der Waals surface area (Å²) in [7, 11) is 0. The summed E-state index contributed by atoms with van der Waals surface area (Å²) in [6.45, 7) is 0.216. The van der Waals surface area contributed by atoms with E-state index in [9.17, 15) is 5.11 Å². The predicted molar refractivity (Wildman–Crippen MR) is 57.2 cm³/mol. The number of thioether (sulfide) groups is 1. The van der Waals surface area contributed by atoms with Gasteiger partial charge in [-0.05, 0) is 30.0 Å². The molecule has 0 aromatic heterocycles. The van der Waals surface area contributed by atoms with Crippen molar-refractivity contribution in [1.82, 2.24) is 0 Å². The first kappa shape index (κ1) is 10.9. The van der Waals surface area contributed by atoms with Gasteiger partial charge in [-0.2, -0.15) is 0 Å². The van der Waals surface area contributed by atoms with E-state index in [4.69, 9.17) is 17.3 Å². The lowest BCUT2D eigenvalue weighted by atomic mass is 10.1. The van der Waals surface area contributed by atoms with Crippen LogP contribution in [0.3, 0.4) is 0 Å². The molecule has 0 bridgehead atoms. The van der Waals surface area contributed by atoms with Gasteiger partial charge in [0.1, 0.15) is 0 Å². The third kappa shape index (κ3) is 2.61. The van der Waals surface area contributed by atoms with E-state index in [-0.39, 0.29) is 6.54 Å². The monoisotopic (exact) mass is 217 g/mol. The lowest BCUT2D eigenvalue weighted by Crippen LogP contribution is -2.12. The molecule has 4 heteroatoms. The fourth-order valence-electron chi connectivity index (χ4n) is 1.09. The smallest absolute Gasteiger partial charge is 0.0923 e. The zero-order valence-electron chi connectivity index (χ0n) is 7.33. The SMILES string of the molecule is CSc1ccc(Cl)cc1C(O)CN. The summed E-state index contributed by atoms with van der Waals surface area (Å²) in [6.07, 6.45) is 1.33. The number of hydrogen-bond acceptors (Lipinski definition) is 3. The molecule has 0 aliphatic carbocycles. The summed E-state index contributed by atoms with van der Waals surface area (Å²) in [5.41, 5.74) is 6.18. The fourth-order valence-corrected chi connectivity index (χ4v) is 1.91. The first-order chi connectivity index (χ1) is 6.19. The van der Waals surface area contributed by atoms with Gasteiger partial charge in [0.2, 0.25) is 0 Å². The van der Waals surface area contributed by atoms with Crippen molar-refractivity contribution in [3.05, 3.63) is 28.8 Å². The van der Waals surface area contributed by atoms with Crippen LogP contribution in [0.4, 0.5) is 0 Å². The quantitative estimate of drug-likeness (QED) is 0.762. The van der Waals surface area contributed by atoms with E-state index in [1.807, 2.05) is 12.3 Å². The van der Waals surface area contributed by atoms with Gasteiger partial charge in [-0.1, -0.05) is 11.6 Å². The Balaban J connectivity index is 3.07. The Labute approximate surface area is 87.1 Å². The molecule has 13 heavy (non-hydrogen) atoms. The highest BCUT2D eigenvalue weighted by Crippen LogP contribution is 2.28. The van der Waals surface area contributed by atoms with Crippen LogP contribution in [0.15, 0.2) is 23.1 Å². The zero-order valence-corrected chi connectivity index (χ0v) is 8.90. The van der Waals surface area contributed by atoms with Crippen molar-refractivity contribution in [2.75, 3.05) is 12.8 Å². The Morgan fingerprint density at radius 3 is 2.85 bits per heavy atom. The second-order valence-electron chi connectivity index (χ2n) is 2.64. The molecule has 0 fully saturated rings. The largest absolute Gasteiger partial charge is 0.387 e. The average Bonchev–Trinajstić information content (AvgIpc) is 2.16. The minimum Gasteiger partial charge on any atom is -0.387 e. The van der Waals surface area contributed by atoms with Crippen LogP contribution in [0.25, 0.3) is 0 Å². The molecule has 1 unspecified atom stereocenters. The first-order valence-corrected chi connectivity index (χ1v) is 5.51. The van der Waals surface area contributed by atoms with E-state index < -0.39 is 6.10 Å². The van der Waals surface area contributed by atoms with Crippen LogP contribution in [0.2, 0.25) is 5.02 Å². The molecule has 1 atom stereocenters. The lowest BCUT2D eigenvalue weighted by molar-refractivity contribution is 0.184. The van der Waals surface area contributed by atoms with Crippen LogP contribution in [-0.4, -0.2) is 17.9 Å². The lowest BCUT2D eigenvalue weighted by Gasteiger charge is -2.12. The molecule has 0 radical (unpaired) electrons. The van der Waals surface area contributed by atoms with Gasteiger partial charge in [0.05, 0.1) is 6.10 Å². The van der Waals surface area contributed by atoms with E-state index in [0.717, 1.165) is 10.5 Å². The molecule has 0 aliphatic rings. The van der Waals surface area contributed by atoms with E-state index in [0.29, 0.717) is 5.02 Å². The molecular formula is C9H12ClNOS. The summed E-state index contributed by atoms with van der Waals surface area (Å²) >= 11 is 7.39. The van der Waals surface area contributed by atoms with Crippen LogP contribution < -0.4 is 5.73 Å². The molecule has 0 heterocycles. The third-order valence-electron chi connectivity index (χ3n) is 1.77. The van der Waals surface area contributed by atoms with E-state index in [2.05, 4.69) is 0 Å². The second kappa shape index (κ2) is 4.86. The molecular weight excluding hydrogens is 206 g/mol. The van der Waals surface area contributed by atoms with Gasteiger partial charge in [-0.15, -0.1) is 11.8 Å². The third-order valence-corrected chi connectivity index (χ3v) is 2.82. The van der Waals surface area contributed by atoms with Crippen LogP contribution in [-0.2, 0) is 0 Å². The highest BCUT2D eigenvalue weighted by molar-refractivity contribution is 7.98. The van der Waals surface area contributed by atoms with Crippen LogP contribution in [0.5, 0.6) is 0 Å². The Kier molecular flexibility index (Phi) is 4.06. The Morgan fingerprint density at radius 2 is 2.31 bits per heavy atom. The van der Waals surface area contributed by atoms with E-state index in [1.165, 1.54) is 0 Å². The van der Waals surface area contributed by atoms with Crippen molar-refractivity contribution in [2.45, 2.75) is 11.0 Å². The maximum absolute atomic E-state index is 9.57. The molecule has 1 aromatic carbocycles. The van der Waals surface area contributed by atoms with Gasteiger partial charge < -0.3 is 10.8 Å². The van der Waals surface area contributed by atoms with Gasteiger partial charge in [-0.25, -0.2) is 0 Å². The Morgan fingerprint density at radius 1 is 1.62 bits per heavy atom. The summed E-state index contributed by atoms with van der Waals surface area (Å²) in [6, 6.07) is 5.45. The second-order valence-corrected chi connectivity index (χ2v) is 3.92. The summed E-state index contributed by atoms with van der Waals surface area (Å²) in [4.78, 5) is 1.02. The van der Waals surface area contributed by atoms with Gasteiger partial charge in [0.15, 0.2) is 0 Å². The molecule has 0 amide bonds. The van der Waals surface area contributed by atoms with Crippen LogP contribution in [0.1, 0.15) is 11.7 Å². The summed E-state index contributed by atoms with van der Waals surface area (Å²) < 4.78 is 0. The van der Waals surface area contributed by atoms with Crippen LogP contribution in [0, 0.1) is 0 Å². The minimum absolute atomic E-state index is 0.216. The Hall–Kier alpha value is -0.220. The van der Waals surface area contributed by atoms with Crippen LogP contribution >= 0.6 is 23.4 Å². The minimum atomic E-state index is -0.624.